The molecule has 8 heteroatoms. The molecule has 0 unspecified atom stereocenters. The highest BCUT2D eigenvalue weighted by molar-refractivity contribution is 5.88. The Hall–Kier alpha value is -2.32. The van der Waals surface area contributed by atoms with Gasteiger partial charge in [0.1, 0.15) is 11.5 Å². The second kappa shape index (κ2) is 8.37. The first kappa shape index (κ1) is 18.5. The Morgan fingerprint density at radius 1 is 1.23 bits per heavy atom. The van der Waals surface area contributed by atoms with Crippen molar-refractivity contribution in [1.29, 1.82) is 0 Å². The van der Waals surface area contributed by atoms with E-state index in [1.54, 1.807) is 20.3 Å². The van der Waals surface area contributed by atoms with Crippen molar-refractivity contribution in [3.63, 3.8) is 0 Å². The second-order valence-electron chi connectivity index (χ2n) is 6.38. The second-order valence-corrected chi connectivity index (χ2v) is 6.38. The van der Waals surface area contributed by atoms with E-state index in [2.05, 4.69) is 5.32 Å². The minimum atomic E-state index is -0.516. The Balaban J connectivity index is 1.73. The summed E-state index contributed by atoms with van der Waals surface area (Å²) in [6.45, 7) is 2.89. The van der Waals surface area contributed by atoms with E-state index in [0.717, 1.165) is 12.0 Å². The molecule has 2 saturated heterocycles. The molecule has 0 radical (unpaired) electrons. The zero-order valence-corrected chi connectivity index (χ0v) is 15.2. The average Bonchev–Trinajstić information content (AvgIpc) is 3.19. The van der Waals surface area contributed by atoms with Crippen molar-refractivity contribution in [2.75, 3.05) is 40.5 Å². The van der Waals surface area contributed by atoms with Crippen LogP contribution in [-0.2, 0) is 21.0 Å². The summed E-state index contributed by atoms with van der Waals surface area (Å²) in [4.78, 5) is 32.1. The van der Waals surface area contributed by atoms with Gasteiger partial charge in [-0.2, -0.15) is 0 Å². The summed E-state index contributed by atoms with van der Waals surface area (Å²) in [5, 5.41) is 4.22. The van der Waals surface area contributed by atoms with Gasteiger partial charge in [-0.15, -0.1) is 0 Å². The number of hydrogen-bond donors (Lipinski definition) is 1. The lowest BCUT2D eigenvalue weighted by atomic mass is 10.1. The molecular weight excluding hydrogens is 338 g/mol. The van der Waals surface area contributed by atoms with Gasteiger partial charge in [0.05, 0.1) is 39.8 Å². The maximum absolute atomic E-state index is 12.4. The molecule has 1 aromatic rings. The van der Waals surface area contributed by atoms with Gasteiger partial charge in [0.25, 0.3) is 0 Å². The molecule has 142 valence electrons. The fourth-order valence-electron chi connectivity index (χ4n) is 3.28. The van der Waals surface area contributed by atoms with Crippen molar-refractivity contribution < 1.29 is 23.9 Å². The fraction of sp³-hybridized carbons (Fsp3) is 0.556. The lowest BCUT2D eigenvalue weighted by Gasteiger charge is -2.35. The topological polar surface area (TPSA) is 80.3 Å². The highest BCUT2D eigenvalue weighted by Crippen LogP contribution is 2.25. The van der Waals surface area contributed by atoms with Crippen LogP contribution in [-0.4, -0.2) is 68.3 Å². The molecule has 2 fully saturated rings. The van der Waals surface area contributed by atoms with E-state index in [0.29, 0.717) is 44.3 Å². The van der Waals surface area contributed by atoms with Gasteiger partial charge in [-0.25, -0.2) is 5.06 Å². The summed E-state index contributed by atoms with van der Waals surface area (Å²) >= 11 is 0. The van der Waals surface area contributed by atoms with Crippen LogP contribution in [0.5, 0.6) is 11.5 Å². The fourth-order valence-corrected chi connectivity index (χ4v) is 3.28. The quantitative estimate of drug-likeness (QED) is 0.795. The molecule has 3 rings (SSSR count). The van der Waals surface area contributed by atoms with Crippen molar-refractivity contribution >= 4 is 11.8 Å². The highest BCUT2D eigenvalue weighted by atomic mass is 16.7. The molecule has 2 aliphatic rings. The van der Waals surface area contributed by atoms with E-state index < -0.39 is 6.04 Å². The molecule has 0 bridgehead atoms. The number of benzene rings is 1. The minimum Gasteiger partial charge on any atom is -0.497 e. The van der Waals surface area contributed by atoms with Crippen LogP contribution >= 0.6 is 0 Å². The van der Waals surface area contributed by atoms with E-state index >= 15 is 0 Å². The predicted octanol–water partition coefficient (Wildman–Crippen LogP) is 0.558. The molecule has 0 saturated carbocycles. The monoisotopic (exact) mass is 363 g/mol. The SMILES string of the molecule is COc1cc(CN2CCNC(=O)[C@H]2CC(=O)N2CCCO2)cc(OC)c1. The van der Waals surface area contributed by atoms with E-state index in [4.69, 9.17) is 14.3 Å². The summed E-state index contributed by atoms with van der Waals surface area (Å²) < 4.78 is 10.6. The summed E-state index contributed by atoms with van der Waals surface area (Å²) in [5.41, 5.74) is 0.964. The van der Waals surface area contributed by atoms with Crippen molar-refractivity contribution in [2.45, 2.75) is 25.4 Å². The van der Waals surface area contributed by atoms with Gasteiger partial charge in [-0.1, -0.05) is 0 Å². The molecule has 1 aromatic carbocycles. The third-order valence-corrected chi connectivity index (χ3v) is 4.64. The van der Waals surface area contributed by atoms with Crippen molar-refractivity contribution in [2.24, 2.45) is 0 Å². The van der Waals surface area contributed by atoms with Gasteiger partial charge in [0.2, 0.25) is 11.8 Å². The van der Waals surface area contributed by atoms with Crippen molar-refractivity contribution in [3.05, 3.63) is 23.8 Å². The molecule has 2 heterocycles. The third kappa shape index (κ3) is 4.25. The van der Waals surface area contributed by atoms with Gasteiger partial charge in [-0.05, 0) is 24.1 Å². The summed E-state index contributed by atoms with van der Waals surface area (Å²) in [6.07, 6.45) is 0.933. The van der Waals surface area contributed by atoms with Gasteiger partial charge < -0.3 is 14.8 Å². The molecule has 1 atom stereocenters. The van der Waals surface area contributed by atoms with Crippen molar-refractivity contribution in [1.82, 2.24) is 15.3 Å². The number of hydroxylamine groups is 2. The summed E-state index contributed by atoms with van der Waals surface area (Å²) in [6, 6.07) is 5.12. The van der Waals surface area contributed by atoms with Crippen LogP contribution in [0, 0.1) is 0 Å². The number of rotatable bonds is 6. The molecule has 0 aliphatic carbocycles. The Bertz CT molecular complexity index is 638. The number of hydrogen-bond acceptors (Lipinski definition) is 6. The lowest BCUT2D eigenvalue weighted by Crippen LogP contribution is -2.56. The van der Waals surface area contributed by atoms with Crippen LogP contribution in [0.1, 0.15) is 18.4 Å². The summed E-state index contributed by atoms with van der Waals surface area (Å²) in [5.74, 6) is 1.11. The minimum absolute atomic E-state index is 0.104. The normalized spacial score (nSPS) is 20.8. The number of methoxy groups -OCH3 is 2. The van der Waals surface area contributed by atoms with Gasteiger partial charge >= 0.3 is 0 Å². The maximum atomic E-state index is 12.4. The van der Waals surface area contributed by atoms with Crippen LogP contribution in [0.15, 0.2) is 18.2 Å². The molecule has 2 amide bonds. The van der Waals surface area contributed by atoms with E-state index in [-0.39, 0.29) is 18.2 Å². The molecule has 2 aliphatic heterocycles. The van der Waals surface area contributed by atoms with Crippen molar-refractivity contribution in [3.8, 4) is 11.5 Å². The Morgan fingerprint density at radius 2 is 1.96 bits per heavy atom. The first-order chi connectivity index (χ1) is 12.6. The maximum Gasteiger partial charge on any atom is 0.248 e. The van der Waals surface area contributed by atoms with Crippen LogP contribution in [0.3, 0.4) is 0 Å². The predicted molar refractivity (Wildman–Crippen MR) is 93.7 cm³/mol. The number of amides is 2. The van der Waals surface area contributed by atoms with Gasteiger partial charge in [-0.3, -0.25) is 19.3 Å². The van der Waals surface area contributed by atoms with Gasteiger partial charge in [0, 0.05) is 25.7 Å². The van der Waals surface area contributed by atoms with Crippen LogP contribution in [0.25, 0.3) is 0 Å². The van der Waals surface area contributed by atoms with Gasteiger partial charge in [0.15, 0.2) is 0 Å². The van der Waals surface area contributed by atoms with E-state index in [1.807, 2.05) is 17.0 Å². The Morgan fingerprint density at radius 3 is 2.58 bits per heavy atom. The lowest BCUT2D eigenvalue weighted by molar-refractivity contribution is -0.171. The number of ether oxygens (including phenoxy) is 2. The highest BCUT2D eigenvalue weighted by Gasteiger charge is 2.34. The molecular formula is C18H25N3O5. The van der Waals surface area contributed by atoms with E-state index in [9.17, 15) is 9.59 Å². The Kier molecular flexibility index (Phi) is 5.95. The average molecular weight is 363 g/mol. The number of carbonyl (C=O) groups excluding carboxylic acids is 2. The largest absolute Gasteiger partial charge is 0.497 e. The van der Waals surface area contributed by atoms with Crippen LogP contribution < -0.4 is 14.8 Å². The number of piperazine rings is 1. The smallest absolute Gasteiger partial charge is 0.248 e. The van der Waals surface area contributed by atoms with E-state index in [1.165, 1.54) is 5.06 Å². The third-order valence-electron chi connectivity index (χ3n) is 4.64. The Labute approximate surface area is 152 Å². The standard InChI is InChI=1S/C18H25N3O5/c1-24-14-8-13(9-15(10-14)25-2)12-20-6-4-19-18(23)16(20)11-17(22)21-5-3-7-26-21/h8-10,16H,3-7,11-12H2,1-2H3,(H,19,23)/t16-/m1/s1. The van der Waals surface area contributed by atoms with Crippen LogP contribution in [0.2, 0.25) is 0 Å². The number of nitrogens with one attached hydrogen (secondary N) is 1. The molecule has 0 spiro atoms. The van der Waals surface area contributed by atoms with Crippen LogP contribution in [0.4, 0.5) is 0 Å². The molecule has 1 N–H and O–H groups in total. The first-order valence-electron chi connectivity index (χ1n) is 8.77. The first-order valence-corrected chi connectivity index (χ1v) is 8.77. The molecule has 0 aromatic heterocycles. The number of nitrogens with zero attached hydrogens (tertiary/aromatic N) is 2. The molecule has 8 nitrogen and oxygen atoms in total. The summed E-state index contributed by atoms with van der Waals surface area (Å²) in [7, 11) is 3.20. The zero-order chi connectivity index (χ0) is 18.5. The zero-order valence-electron chi connectivity index (χ0n) is 15.2. The molecule has 26 heavy (non-hydrogen) atoms. The number of carbonyl (C=O) groups is 2.